The minimum Gasteiger partial charge on any atom is -0.350 e. The van der Waals surface area contributed by atoms with Crippen molar-refractivity contribution in [2.24, 2.45) is 0 Å². The highest BCUT2D eigenvalue weighted by Gasteiger charge is 2.23. The molecule has 28 heavy (non-hydrogen) atoms. The van der Waals surface area contributed by atoms with Gasteiger partial charge in [-0.25, -0.2) is 4.79 Å². The number of carbonyl (C=O) groups excluding carboxylic acids is 3. The molecule has 1 aliphatic rings. The molecular weight excluding hydrogens is 358 g/mol. The summed E-state index contributed by atoms with van der Waals surface area (Å²) in [5.74, 6) is -0.224. The topological polar surface area (TPSA) is 87.5 Å². The Morgan fingerprint density at radius 3 is 2.57 bits per heavy atom. The summed E-state index contributed by atoms with van der Waals surface area (Å²) in [5, 5.41) is 7.30. The average molecular weight is 383 g/mol. The number of nitrogens with one attached hydrogen (secondary N) is 1. The Kier molecular flexibility index (Phi) is 6.08. The van der Waals surface area contributed by atoms with Crippen LogP contribution in [0.25, 0.3) is 0 Å². The third kappa shape index (κ3) is 4.76. The predicted molar refractivity (Wildman–Crippen MR) is 104 cm³/mol. The molecule has 0 saturated carbocycles. The highest BCUT2D eigenvalue weighted by molar-refractivity contribution is 5.97. The number of Topliss-reactive ketones (excluding diaryl/α,β-unsaturated/α-hetero) is 1. The van der Waals surface area contributed by atoms with E-state index < -0.39 is 0 Å². The molecule has 0 bridgehead atoms. The first-order valence-electron chi connectivity index (χ1n) is 9.31. The van der Waals surface area contributed by atoms with E-state index in [1.54, 1.807) is 48.2 Å². The number of carbonyl (C=O) groups is 3. The van der Waals surface area contributed by atoms with Crippen LogP contribution in [0.1, 0.15) is 34.6 Å². The van der Waals surface area contributed by atoms with Gasteiger partial charge in [0, 0.05) is 39.0 Å². The second kappa shape index (κ2) is 8.69. The second-order valence-electron chi connectivity index (χ2n) is 7.01. The highest BCUT2D eigenvalue weighted by atomic mass is 16.2. The number of benzene rings is 1. The van der Waals surface area contributed by atoms with Gasteiger partial charge in [0.15, 0.2) is 5.78 Å². The average Bonchev–Trinajstić information content (AvgIpc) is 3.12. The van der Waals surface area contributed by atoms with Gasteiger partial charge in [-0.15, -0.1) is 0 Å². The van der Waals surface area contributed by atoms with E-state index in [4.69, 9.17) is 0 Å². The molecule has 0 radical (unpaired) electrons. The van der Waals surface area contributed by atoms with Crippen LogP contribution in [0, 0.1) is 0 Å². The molecule has 0 saturated heterocycles. The van der Waals surface area contributed by atoms with Crippen molar-refractivity contribution in [3.63, 3.8) is 0 Å². The van der Waals surface area contributed by atoms with Gasteiger partial charge in [0.1, 0.15) is 0 Å². The molecule has 8 nitrogen and oxygen atoms in total. The van der Waals surface area contributed by atoms with Crippen LogP contribution in [0.5, 0.6) is 0 Å². The number of urea groups is 1. The zero-order valence-corrected chi connectivity index (χ0v) is 16.2. The lowest BCUT2D eigenvalue weighted by atomic mass is 10.1. The molecule has 1 aliphatic heterocycles. The van der Waals surface area contributed by atoms with Crippen molar-refractivity contribution in [1.82, 2.24) is 24.9 Å². The Morgan fingerprint density at radius 1 is 1.11 bits per heavy atom. The monoisotopic (exact) mass is 383 g/mol. The zero-order valence-electron chi connectivity index (χ0n) is 16.2. The molecule has 3 amide bonds. The first-order valence-corrected chi connectivity index (χ1v) is 9.31. The summed E-state index contributed by atoms with van der Waals surface area (Å²) in [6.07, 6.45) is 0.323. The van der Waals surface area contributed by atoms with Gasteiger partial charge >= 0.3 is 6.03 Å². The van der Waals surface area contributed by atoms with Crippen molar-refractivity contribution in [3.05, 3.63) is 53.3 Å². The number of ketones is 1. The Morgan fingerprint density at radius 2 is 1.86 bits per heavy atom. The Hall–Kier alpha value is -3.16. The lowest BCUT2D eigenvalue weighted by Gasteiger charge is -2.29. The van der Waals surface area contributed by atoms with Crippen LogP contribution in [-0.4, -0.2) is 57.9 Å². The molecule has 0 atom stereocenters. The van der Waals surface area contributed by atoms with Crippen LogP contribution in [-0.2, 0) is 24.4 Å². The lowest BCUT2D eigenvalue weighted by Crippen LogP contribution is -2.43. The smallest absolute Gasteiger partial charge is 0.319 e. The summed E-state index contributed by atoms with van der Waals surface area (Å²) in [5.41, 5.74) is 2.32. The molecule has 0 spiro atoms. The third-order valence-electron chi connectivity index (χ3n) is 4.64. The Balaban J connectivity index is 1.47. The van der Waals surface area contributed by atoms with Gasteiger partial charge in [0.25, 0.3) is 0 Å². The fourth-order valence-electron chi connectivity index (χ4n) is 3.13. The van der Waals surface area contributed by atoms with Gasteiger partial charge in [-0.1, -0.05) is 30.3 Å². The quantitative estimate of drug-likeness (QED) is 0.769. The summed E-state index contributed by atoms with van der Waals surface area (Å²) in [6.45, 7) is 2.05. The van der Waals surface area contributed by atoms with E-state index >= 15 is 0 Å². The maximum Gasteiger partial charge on any atom is 0.319 e. The van der Waals surface area contributed by atoms with E-state index in [9.17, 15) is 14.4 Å². The van der Waals surface area contributed by atoms with Crippen LogP contribution in [0.2, 0.25) is 0 Å². The normalized spacial score (nSPS) is 13.0. The molecular formula is C20H25N5O3. The van der Waals surface area contributed by atoms with E-state index in [0.717, 1.165) is 11.4 Å². The lowest BCUT2D eigenvalue weighted by molar-refractivity contribution is -0.121. The predicted octanol–water partition coefficient (Wildman–Crippen LogP) is 1.66. The van der Waals surface area contributed by atoms with Crippen molar-refractivity contribution >= 4 is 17.7 Å². The molecule has 2 aromatic rings. The number of fused-ring (bicyclic) bond motifs is 1. The van der Waals surface area contributed by atoms with E-state index in [-0.39, 0.29) is 30.6 Å². The van der Waals surface area contributed by atoms with Gasteiger partial charge in [0.2, 0.25) is 5.91 Å². The van der Waals surface area contributed by atoms with E-state index in [2.05, 4.69) is 10.4 Å². The van der Waals surface area contributed by atoms with Crippen molar-refractivity contribution < 1.29 is 14.4 Å². The fourth-order valence-corrected chi connectivity index (χ4v) is 3.13. The number of amides is 3. The summed E-state index contributed by atoms with van der Waals surface area (Å²) in [4.78, 5) is 39.5. The van der Waals surface area contributed by atoms with Gasteiger partial charge < -0.3 is 15.1 Å². The minimum absolute atomic E-state index is 0.0228. The maximum atomic E-state index is 12.1. The minimum atomic E-state index is -0.181. The van der Waals surface area contributed by atoms with Crippen molar-refractivity contribution in [1.29, 1.82) is 0 Å². The summed E-state index contributed by atoms with van der Waals surface area (Å²) < 4.78 is 1.87. The van der Waals surface area contributed by atoms with E-state index in [0.29, 0.717) is 31.7 Å². The van der Waals surface area contributed by atoms with Crippen molar-refractivity contribution in [2.75, 3.05) is 20.6 Å². The number of hydrogen-bond donors (Lipinski definition) is 1. The maximum absolute atomic E-state index is 12.1. The van der Waals surface area contributed by atoms with Crippen molar-refractivity contribution in [3.8, 4) is 0 Å². The first kappa shape index (κ1) is 19.6. The molecule has 8 heteroatoms. The SMILES string of the molecule is CN(C)C(=O)N1CCn2nc(CNC(=O)CCC(=O)c3ccccc3)cc2C1. The van der Waals surface area contributed by atoms with E-state index in [1.165, 1.54) is 0 Å². The number of hydrogen-bond acceptors (Lipinski definition) is 4. The first-order chi connectivity index (χ1) is 13.4. The molecule has 2 heterocycles. The van der Waals surface area contributed by atoms with Crippen LogP contribution < -0.4 is 5.32 Å². The van der Waals surface area contributed by atoms with Gasteiger partial charge in [-0.3, -0.25) is 14.3 Å². The molecule has 0 unspecified atom stereocenters. The molecule has 1 N–H and O–H groups in total. The van der Waals surface area contributed by atoms with Crippen LogP contribution in [0.3, 0.4) is 0 Å². The van der Waals surface area contributed by atoms with E-state index in [1.807, 2.05) is 16.8 Å². The molecule has 148 valence electrons. The van der Waals surface area contributed by atoms with Crippen LogP contribution >= 0.6 is 0 Å². The fraction of sp³-hybridized carbons (Fsp3) is 0.400. The number of rotatable bonds is 6. The largest absolute Gasteiger partial charge is 0.350 e. The molecule has 1 aromatic heterocycles. The second-order valence-corrected chi connectivity index (χ2v) is 7.01. The molecule has 0 fully saturated rings. The Labute approximate surface area is 164 Å². The molecule has 1 aromatic carbocycles. The zero-order chi connectivity index (χ0) is 20.1. The Bertz CT molecular complexity index is 860. The third-order valence-corrected chi connectivity index (χ3v) is 4.64. The van der Waals surface area contributed by atoms with Crippen molar-refractivity contribution in [2.45, 2.75) is 32.5 Å². The van der Waals surface area contributed by atoms with Crippen LogP contribution in [0.15, 0.2) is 36.4 Å². The molecule has 0 aliphatic carbocycles. The number of aromatic nitrogens is 2. The summed E-state index contributed by atoms with van der Waals surface area (Å²) >= 11 is 0. The standard InChI is InChI=1S/C20H25N5O3/c1-23(2)20(28)24-10-11-25-17(14-24)12-16(22-25)13-21-19(27)9-8-18(26)15-6-4-3-5-7-15/h3-7,12H,8-11,13-14H2,1-2H3,(H,21,27). The van der Waals surface area contributed by atoms with Crippen LogP contribution in [0.4, 0.5) is 4.79 Å². The summed E-state index contributed by atoms with van der Waals surface area (Å²) in [6, 6.07) is 10.8. The van der Waals surface area contributed by atoms with Gasteiger partial charge in [0.05, 0.1) is 31.0 Å². The van der Waals surface area contributed by atoms with Gasteiger partial charge in [-0.2, -0.15) is 5.10 Å². The highest BCUT2D eigenvalue weighted by Crippen LogP contribution is 2.15. The summed E-state index contributed by atoms with van der Waals surface area (Å²) in [7, 11) is 3.47. The molecule has 3 rings (SSSR count). The van der Waals surface area contributed by atoms with Gasteiger partial charge in [-0.05, 0) is 6.07 Å². The number of nitrogens with zero attached hydrogens (tertiary/aromatic N) is 4.